The van der Waals surface area contributed by atoms with Crippen LogP contribution >= 0.6 is 0 Å². The van der Waals surface area contributed by atoms with Crippen molar-refractivity contribution in [2.75, 3.05) is 20.2 Å². The molecule has 3 N–H and O–H groups in total. The van der Waals surface area contributed by atoms with Crippen molar-refractivity contribution in [3.8, 4) is 5.75 Å². The Morgan fingerprint density at radius 2 is 1.92 bits per heavy atom. The normalized spacial score (nSPS) is 11.8. The number of hydrogen-bond acceptors (Lipinski definition) is 4. The molecule has 0 saturated heterocycles. The van der Waals surface area contributed by atoms with E-state index in [9.17, 15) is 14.3 Å². The van der Waals surface area contributed by atoms with Crippen molar-refractivity contribution < 1.29 is 19.0 Å². The topological polar surface area (TPSA) is 70.6 Å². The molecule has 2 aromatic rings. The second kappa shape index (κ2) is 9.00. The van der Waals surface area contributed by atoms with Gasteiger partial charge in [-0.3, -0.25) is 4.79 Å². The molecule has 0 saturated carbocycles. The number of benzene rings is 2. The molecule has 0 radical (unpaired) electrons. The molecular formula is C18H21FN2O3. The first kappa shape index (κ1) is 17.9. The quantitative estimate of drug-likeness (QED) is 0.689. The van der Waals surface area contributed by atoms with E-state index < -0.39 is 11.9 Å². The van der Waals surface area contributed by atoms with Gasteiger partial charge in [0.15, 0.2) is 6.61 Å². The van der Waals surface area contributed by atoms with Crippen LogP contribution in [0.5, 0.6) is 5.75 Å². The lowest BCUT2D eigenvalue weighted by Gasteiger charge is -2.15. The molecule has 0 heterocycles. The monoisotopic (exact) mass is 332 g/mol. The van der Waals surface area contributed by atoms with Crippen molar-refractivity contribution in [1.29, 1.82) is 0 Å². The third-order valence-electron chi connectivity index (χ3n) is 3.53. The second-order valence-electron chi connectivity index (χ2n) is 5.24. The summed E-state index contributed by atoms with van der Waals surface area (Å²) in [6.07, 6.45) is -0.940. The molecule has 2 aromatic carbocycles. The van der Waals surface area contributed by atoms with Crippen LogP contribution in [0.3, 0.4) is 0 Å². The Hall–Kier alpha value is -2.44. The smallest absolute Gasteiger partial charge is 0.257 e. The zero-order valence-electron chi connectivity index (χ0n) is 13.5. The number of para-hydroxylation sites is 1. The third-order valence-corrected chi connectivity index (χ3v) is 3.53. The van der Waals surface area contributed by atoms with E-state index in [0.717, 1.165) is 5.56 Å². The molecule has 5 nitrogen and oxygen atoms in total. The van der Waals surface area contributed by atoms with Gasteiger partial charge in [0.2, 0.25) is 0 Å². The van der Waals surface area contributed by atoms with Gasteiger partial charge in [0.05, 0.1) is 6.10 Å². The van der Waals surface area contributed by atoms with E-state index in [0.29, 0.717) is 12.3 Å². The highest BCUT2D eigenvalue weighted by atomic mass is 19.1. The van der Waals surface area contributed by atoms with Crippen molar-refractivity contribution in [1.82, 2.24) is 10.6 Å². The number of rotatable bonds is 8. The van der Waals surface area contributed by atoms with Crippen LogP contribution in [0.15, 0.2) is 48.5 Å². The predicted molar refractivity (Wildman–Crippen MR) is 89.1 cm³/mol. The van der Waals surface area contributed by atoms with Crippen molar-refractivity contribution in [2.24, 2.45) is 0 Å². The molecule has 24 heavy (non-hydrogen) atoms. The fourth-order valence-corrected chi connectivity index (χ4v) is 2.21. The Morgan fingerprint density at radius 3 is 2.67 bits per heavy atom. The first-order valence-corrected chi connectivity index (χ1v) is 7.66. The van der Waals surface area contributed by atoms with Gasteiger partial charge in [-0.05, 0) is 12.1 Å². The fourth-order valence-electron chi connectivity index (χ4n) is 2.21. The molecule has 1 unspecified atom stereocenters. The number of amides is 1. The Balaban J connectivity index is 1.90. The number of nitrogens with one attached hydrogen (secondary N) is 2. The minimum atomic E-state index is -0.940. The van der Waals surface area contributed by atoms with Crippen LogP contribution < -0.4 is 15.4 Å². The molecule has 0 fully saturated rings. The maximum atomic E-state index is 13.6. The van der Waals surface area contributed by atoms with Gasteiger partial charge in [0.25, 0.3) is 5.91 Å². The summed E-state index contributed by atoms with van der Waals surface area (Å²) in [4.78, 5) is 11.3. The summed E-state index contributed by atoms with van der Waals surface area (Å²) in [5.41, 5.74) is 1.11. The van der Waals surface area contributed by atoms with Gasteiger partial charge in [0, 0.05) is 31.3 Å². The van der Waals surface area contributed by atoms with Gasteiger partial charge in [-0.2, -0.15) is 0 Å². The lowest BCUT2D eigenvalue weighted by molar-refractivity contribution is -0.122. The van der Waals surface area contributed by atoms with Crippen molar-refractivity contribution in [3.63, 3.8) is 0 Å². The average Bonchev–Trinajstić information content (AvgIpc) is 2.60. The van der Waals surface area contributed by atoms with E-state index in [1.165, 1.54) is 6.07 Å². The Morgan fingerprint density at radius 1 is 1.21 bits per heavy atom. The summed E-state index contributed by atoms with van der Waals surface area (Å²) in [6.45, 7) is 0.561. The summed E-state index contributed by atoms with van der Waals surface area (Å²) < 4.78 is 19.1. The van der Waals surface area contributed by atoms with Gasteiger partial charge in [0.1, 0.15) is 11.6 Å². The van der Waals surface area contributed by atoms with E-state index in [4.69, 9.17) is 4.74 Å². The van der Waals surface area contributed by atoms with Gasteiger partial charge in [-0.15, -0.1) is 0 Å². The SMILES string of the molecule is CNC(=O)COc1ccccc1CNCC(O)c1ccccc1F. The van der Waals surface area contributed by atoms with E-state index in [1.807, 2.05) is 18.2 Å². The molecule has 0 aromatic heterocycles. The van der Waals surface area contributed by atoms with Crippen LogP contribution in [0, 0.1) is 5.82 Å². The van der Waals surface area contributed by atoms with Gasteiger partial charge in [-0.25, -0.2) is 4.39 Å². The molecule has 0 aliphatic carbocycles. The number of likely N-dealkylation sites (N-methyl/N-ethyl adjacent to an activating group) is 1. The number of ether oxygens (including phenoxy) is 1. The highest BCUT2D eigenvalue weighted by molar-refractivity contribution is 5.77. The number of hydrogen-bond donors (Lipinski definition) is 3. The molecule has 0 aliphatic rings. The molecule has 0 aliphatic heterocycles. The van der Waals surface area contributed by atoms with Gasteiger partial charge in [-0.1, -0.05) is 36.4 Å². The van der Waals surface area contributed by atoms with Crippen LogP contribution in [0.4, 0.5) is 4.39 Å². The van der Waals surface area contributed by atoms with Gasteiger partial charge < -0.3 is 20.5 Å². The highest BCUT2D eigenvalue weighted by Crippen LogP contribution is 2.19. The minimum absolute atomic E-state index is 0.0641. The minimum Gasteiger partial charge on any atom is -0.483 e. The largest absolute Gasteiger partial charge is 0.483 e. The Kier molecular flexibility index (Phi) is 6.72. The maximum absolute atomic E-state index is 13.6. The summed E-state index contributed by atoms with van der Waals surface area (Å²) in [5.74, 6) is -0.0529. The van der Waals surface area contributed by atoms with Crippen LogP contribution in [-0.2, 0) is 11.3 Å². The number of aliphatic hydroxyl groups excluding tert-OH is 1. The van der Waals surface area contributed by atoms with Gasteiger partial charge >= 0.3 is 0 Å². The van der Waals surface area contributed by atoms with Crippen molar-refractivity contribution >= 4 is 5.91 Å². The lowest BCUT2D eigenvalue weighted by atomic mass is 10.1. The molecule has 0 bridgehead atoms. The third kappa shape index (κ3) is 5.04. The van der Waals surface area contributed by atoms with Crippen molar-refractivity contribution in [3.05, 3.63) is 65.5 Å². The second-order valence-corrected chi connectivity index (χ2v) is 5.24. The molecule has 2 rings (SSSR count). The summed E-state index contributed by atoms with van der Waals surface area (Å²) in [5, 5.41) is 15.6. The van der Waals surface area contributed by atoms with Crippen LogP contribution in [0.2, 0.25) is 0 Å². The average molecular weight is 332 g/mol. The van der Waals surface area contributed by atoms with E-state index >= 15 is 0 Å². The molecule has 1 amide bonds. The molecular weight excluding hydrogens is 311 g/mol. The fraction of sp³-hybridized carbons (Fsp3) is 0.278. The standard InChI is InChI=1S/C18H21FN2O3/c1-20-18(23)12-24-17-9-5-2-6-13(17)10-21-11-16(22)14-7-3-4-8-15(14)19/h2-9,16,21-22H,10-12H2,1H3,(H,20,23). The molecule has 128 valence electrons. The Labute approximate surface area is 140 Å². The van der Waals surface area contributed by atoms with Crippen LogP contribution in [0.25, 0.3) is 0 Å². The summed E-state index contributed by atoms with van der Waals surface area (Å²) in [6, 6.07) is 13.5. The van der Waals surface area contributed by atoms with E-state index in [-0.39, 0.29) is 24.6 Å². The summed E-state index contributed by atoms with van der Waals surface area (Å²) >= 11 is 0. The first-order valence-electron chi connectivity index (χ1n) is 7.66. The van der Waals surface area contributed by atoms with Crippen molar-refractivity contribution in [2.45, 2.75) is 12.6 Å². The first-order chi connectivity index (χ1) is 11.6. The number of carbonyl (C=O) groups excluding carboxylic acids is 1. The van der Waals surface area contributed by atoms with Crippen LogP contribution in [0.1, 0.15) is 17.2 Å². The Bertz CT molecular complexity index is 679. The maximum Gasteiger partial charge on any atom is 0.257 e. The highest BCUT2D eigenvalue weighted by Gasteiger charge is 2.12. The number of halogens is 1. The van der Waals surface area contributed by atoms with Crippen LogP contribution in [-0.4, -0.2) is 31.2 Å². The molecule has 1 atom stereocenters. The zero-order chi connectivity index (χ0) is 17.4. The van der Waals surface area contributed by atoms with E-state index in [1.54, 1.807) is 31.3 Å². The predicted octanol–water partition coefficient (Wildman–Crippen LogP) is 1.77. The molecule has 0 spiro atoms. The van der Waals surface area contributed by atoms with E-state index in [2.05, 4.69) is 10.6 Å². The number of carbonyl (C=O) groups is 1. The summed E-state index contributed by atoms with van der Waals surface area (Å²) in [7, 11) is 1.54. The zero-order valence-corrected chi connectivity index (χ0v) is 13.5. The lowest BCUT2D eigenvalue weighted by Crippen LogP contribution is -2.25. The number of aliphatic hydroxyl groups is 1. The molecule has 6 heteroatoms.